The number of unbranched alkanes of at least 4 members (excludes halogenated alkanes) is 1. The van der Waals surface area contributed by atoms with Gasteiger partial charge in [0.2, 0.25) is 0 Å². The average molecular weight is 267 g/mol. The maximum atomic E-state index is 11.9. The maximum Gasteiger partial charge on any atom is 0.154 e. The first-order valence-corrected chi connectivity index (χ1v) is 7.51. The zero-order valence-corrected chi connectivity index (χ0v) is 11.5. The fourth-order valence-corrected chi connectivity index (χ4v) is 3.13. The van der Waals surface area contributed by atoms with Crippen molar-refractivity contribution in [2.45, 2.75) is 25.5 Å². The lowest BCUT2D eigenvalue weighted by molar-refractivity contribution is 0.411. The van der Waals surface area contributed by atoms with Crippen LogP contribution in [0.2, 0.25) is 0 Å². The highest BCUT2D eigenvalue weighted by atomic mass is 32.2. The van der Waals surface area contributed by atoms with E-state index in [2.05, 4.69) is 0 Å². The lowest BCUT2D eigenvalue weighted by atomic mass is 10.1. The van der Waals surface area contributed by atoms with Crippen molar-refractivity contribution in [3.63, 3.8) is 0 Å². The number of hydrogen-bond acceptors (Lipinski definition) is 4. The Labute approximate surface area is 108 Å². The van der Waals surface area contributed by atoms with Crippen molar-refractivity contribution in [3.05, 3.63) is 29.3 Å². The molecule has 0 atom stereocenters. The standard InChI is InChI=1S/C13H17NO3S/c1-11-5-6-13(17-2)12(9-11)10-18(15,16)8-4-3-7-14/h5-6,9H,3-4,8,10H2,1-2H3. The number of methoxy groups -OCH3 is 1. The molecule has 0 saturated carbocycles. The van der Waals surface area contributed by atoms with Gasteiger partial charge in [-0.2, -0.15) is 5.26 Å². The SMILES string of the molecule is COc1ccc(C)cc1CS(=O)(=O)CCCC#N. The predicted molar refractivity (Wildman–Crippen MR) is 70.1 cm³/mol. The highest BCUT2D eigenvalue weighted by Crippen LogP contribution is 2.22. The smallest absolute Gasteiger partial charge is 0.154 e. The quantitative estimate of drug-likeness (QED) is 0.741. The van der Waals surface area contributed by atoms with Crippen LogP contribution < -0.4 is 4.74 Å². The van der Waals surface area contributed by atoms with E-state index >= 15 is 0 Å². The topological polar surface area (TPSA) is 67.2 Å². The average Bonchev–Trinajstić information content (AvgIpc) is 2.29. The van der Waals surface area contributed by atoms with Gasteiger partial charge in [0.15, 0.2) is 9.84 Å². The van der Waals surface area contributed by atoms with Gasteiger partial charge in [-0.25, -0.2) is 8.42 Å². The van der Waals surface area contributed by atoms with E-state index in [1.807, 2.05) is 25.1 Å². The predicted octanol–water partition coefficient (Wildman–Crippen LogP) is 2.22. The zero-order chi connectivity index (χ0) is 13.6. The Morgan fingerprint density at radius 3 is 2.72 bits per heavy atom. The molecular formula is C13H17NO3S. The van der Waals surface area contributed by atoms with Crippen LogP contribution in [0.3, 0.4) is 0 Å². The normalized spacial score (nSPS) is 10.9. The molecule has 0 amide bonds. The molecule has 4 nitrogen and oxygen atoms in total. The van der Waals surface area contributed by atoms with E-state index in [0.29, 0.717) is 17.7 Å². The molecule has 0 unspecified atom stereocenters. The van der Waals surface area contributed by atoms with Crippen LogP contribution in [0.4, 0.5) is 0 Å². The van der Waals surface area contributed by atoms with E-state index < -0.39 is 9.84 Å². The summed E-state index contributed by atoms with van der Waals surface area (Å²) in [5.41, 5.74) is 1.67. The summed E-state index contributed by atoms with van der Waals surface area (Å²) in [7, 11) is -1.66. The third kappa shape index (κ3) is 4.38. The van der Waals surface area contributed by atoms with Gasteiger partial charge >= 0.3 is 0 Å². The van der Waals surface area contributed by atoms with Crippen LogP contribution in [0.1, 0.15) is 24.0 Å². The first-order chi connectivity index (χ1) is 8.48. The third-order valence-corrected chi connectivity index (χ3v) is 4.22. The fraction of sp³-hybridized carbons (Fsp3) is 0.462. The van der Waals surface area contributed by atoms with Crippen molar-refractivity contribution in [1.29, 1.82) is 5.26 Å². The molecule has 0 N–H and O–H groups in total. The Balaban J connectivity index is 2.83. The summed E-state index contributed by atoms with van der Waals surface area (Å²) in [6.45, 7) is 1.91. The van der Waals surface area contributed by atoms with E-state index in [0.717, 1.165) is 5.56 Å². The molecule has 0 fully saturated rings. The molecule has 1 rings (SSSR count). The summed E-state index contributed by atoms with van der Waals surface area (Å²) in [6, 6.07) is 7.42. The molecule has 0 bridgehead atoms. The van der Waals surface area contributed by atoms with Crippen molar-refractivity contribution >= 4 is 9.84 Å². The van der Waals surface area contributed by atoms with E-state index in [1.165, 1.54) is 7.11 Å². The van der Waals surface area contributed by atoms with Crippen LogP contribution >= 0.6 is 0 Å². The number of benzene rings is 1. The molecule has 0 aliphatic heterocycles. The Bertz CT molecular complexity index is 544. The maximum absolute atomic E-state index is 11.9. The Morgan fingerprint density at radius 1 is 1.39 bits per heavy atom. The summed E-state index contributed by atoms with van der Waals surface area (Å²) in [4.78, 5) is 0. The van der Waals surface area contributed by atoms with E-state index in [9.17, 15) is 8.42 Å². The van der Waals surface area contributed by atoms with Crippen molar-refractivity contribution in [1.82, 2.24) is 0 Å². The molecule has 1 aromatic rings. The van der Waals surface area contributed by atoms with Crippen molar-refractivity contribution in [2.75, 3.05) is 12.9 Å². The van der Waals surface area contributed by atoms with Gasteiger partial charge in [-0.15, -0.1) is 0 Å². The number of nitriles is 1. The molecule has 0 aromatic heterocycles. The van der Waals surface area contributed by atoms with Gasteiger partial charge in [0, 0.05) is 12.0 Å². The van der Waals surface area contributed by atoms with Gasteiger partial charge in [-0.3, -0.25) is 0 Å². The first-order valence-electron chi connectivity index (χ1n) is 5.69. The highest BCUT2D eigenvalue weighted by Gasteiger charge is 2.15. The van der Waals surface area contributed by atoms with Gasteiger partial charge in [-0.05, 0) is 19.4 Å². The Hall–Kier alpha value is -1.54. The molecule has 0 aliphatic rings. The van der Waals surface area contributed by atoms with Crippen LogP contribution in [0.25, 0.3) is 0 Å². The summed E-state index contributed by atoms with van der Waals surface area (Å²) in [5, 5.41) is 8.41. The van der Waals surface area contributed by atoms with Crippen LogP contribution in [0.15, 0.2) is 18.2 Å². The van der Waals surface area contributed by atoms with E-state index in [-0.39, 0.29) is 17.9 Å². The molecule has 1 aromatic carbocycles. The summed E-state index contributed by atoms with van der Waals surface area (Å²) >= 11 is 0. The minimum atomic E-state index is -3.19. The molecule has 0 radical (unpaired) electrons. The van der Waals surface area contributed by atoms with Gasteiger partial charge in [0.05, 0.1) is 24.7 Å². The minimum absolute atomic E-state index is 0.0384. The third-order valence-electron chi connectivity index (χ3n) is 2.56. The van der Waals surface area contributed by atoms with Crippen molar-refractivity contribution in [2.24, 2.45) is 0 Å². The van der Waals surface area contributed by atoms with Crippen molar-refractivity contribution in [3.8, 4) is 11.8 Å². The van der Waals surface area contributed by atoms with E-state index in [1.54, 1.807) is 6.07 Å². The minimum Gasteiger partial charge on any atom is -0.496 e. The van der Waals surface area contributed by atoms with E-state index in [4.69, 9.17) is 10.00 Å². The first kappa shape index (κ1) is 14.5. The van der Waals surface area contributed by atoms with Crippen molar-refractivity contribution < 1.29 is 13.2 Å². The second-order valence-electron chi connectivity index (χ2n) is 4.17. The number of sulfone groups is 1. The summed E-state index contributed by atoms with van der Waals surface area (Å²) < 4.78 is 28.9. The summed E-state index contributed by atoms with van der Waals surface area (Å²) in [6.07, 6.45) is 0.650. The lowest BCUT2D eigenvalue weighted by Gasteiger charge is -2.09. The number of hydrogen-bond donors (Lipinski definition) is 0. The second kappa shape index (κ2) is 6.41. The molecule has 0 aliphatic carbocycles. The Morgan fingerprint density at radius 2 is 2.11 bits per heavy atom. The van der Waals surface area contributed by atoms with Gasteiger partial charge in [-0.1, -0.05) is 17.7 Å². The number of nitrogens with zero attached hydrogens (tertiary/aromatic N) is 1. The van der Waals surface area contributed by atoms with Crippen LogP contribution in [-0.4, -0.2) is 21.3 Å². The number of aryl methyl sites for hydroxylation is 1. The number of rotatable bonds is 6. The highest BCUT2D eigenvalue weighted by molar-refractivity contribution is 7.90. The second-order valence-corrected chi connectivity index (χ2v) is 6.35. The molecule has 0 saturated heterocycles. The zero-order valence-electron chi connectivity index (χ0n) is 10.6. The summed E-state index contributed by atoms with van der Waals surface area (Å²) in [5.74, 6) is 0.588. The Kier molecular flexibility index (Phi) is 5.17. The lowest BCUT2D eigenvalue weighted by Crippen LogP contribution is -2.10. The number of ether oxygens (including phenoxy) is 1. The molecular weight excluding hydrogens is 250 g/mol. The molecule has 5 heteroatoms. The molecule has 0 spiro atoms. The van der Waals surface area contributed by atoms with Gasteiger partial charge < -0.3 is 4.74 Å². The molecule has 18 heavy (non-hydrogen) atoms. The van der Waals surface area contributed by atoms with Gasteiger partial charge in [0.1, 0.15) is 5.75 Å². The van der Waals surface area contributed by atoms with Crippen LogP contribution in [-0.2, 0) is 15.6 Å². The fourth-order valence-electron chi connectivity index (χ4n) is 1.70. The molecule has 98 valence electrons. The largest absolute Gasteiger partial charge is 0.496 e. The van der Waals surface area contributed by atoms with Gasteiger partial charge in [0.25, 0.3) is 0 Å². The monoisotopic (exact) mass is 267 g/mol. The van der Waals surface area contributed by atoms with Crippen LogP contribution in [0.5, 0.6) is 5.75 Å². The van der Waals surface area contributed by atoms with Crippen LogP contribution in [0, 0.1) is 18.3 Å². The molecule has 0 heterocycles.